The van der Waals surface area contributed by atoms with Gasteiger partial charge in [0.1, 0.15) is 0 Å². The van der Waals surface area contributed by atoms with E-state index in [1.807, 2.05) is 53.4 Å². The lowest BCUT2D eigenvalue weighted by Crippen LogP contribution is -2.33. The van der Waals surface area contributed by atoms with Crippen LogP contribution in [0.2, 0.25) is 0 Å². The third-order valence-electron chi connectivity index (χ3n) is 3.03. The van der Waals surface area contributed by atoms with Crippen molar-refractivity contribution in [1.29, 1.82) is 0 Å². The average Bonchev–Trinajstić information content (AvgIpc) is 2.37. The first-order valence-corrected chi connectivity index (χ1v) is 7.42. The number of carbonyl (C=O) groups is 1. The third-order valence-corrected chi connectivity index (χ3v) is 3.53. The fraction of sp³-hybridized carbons (Fsp3) is 0.188. The molecule has 0 aliphatic heterocycles. The number of nitrogens with two attached hydrogens (primary N) is 2. The highest BCUT2D eigenvalue weighted by molar-refractivity contribution is 9.10. The van der Waals surface area contributed by atoms with Crippen molar-refractivity contribution in [3.05, 3.63) is 64.1 Å². The van der Waals surface area contributed by atoms with Crippen molar-refractivity contribution in [2.24, 2.45) is 5.73 Å². The summed E-state index contributed by atoms with van der Waals surface area (Å²) >= 11 is 3.45. The Bertz CT molecular complexity index is 583. The Kier molecular flexibility index (Phi) is 5.36. The van der Waals surface area contributed by atoms with Crippen LogP contribution in [-0.4, -0.2) is 17.4 Å². The largest absolute Gasteiger partial charge is 0.399 e. The standard InChI is InChI=1S/C16H18BrN3O/c17-14-5-1-3-12(7-14)9-20(11-16(19)21)10-13-4-2-6-15(18)8-13/h1-8H,9-11,18H2,(H2,19,21). The Morgan fingerprint density at radius 2 is 1.67 bits per heavy atom. The number of amides is 1. The zero-order valence-corrected chi connectivity index (χ0v) is 13.2. The van der Waals surface area contributed by atoms with Crippen molar-refractivity contribution in [1.82, 2.24) is 4.90 Å². The second kappa shape index (κ2) is 7.24. The summed E-state index contributed by atoms with van der Waals surface area (Å²) in [6, 6.07) is 15.7. The molecule has 2 rings (SSSR count). The molecule has 0 atom stereocenters. The zero-order chi connectivity index (χ0) is 15.2. The van der Waals surface area contributed by atoms with Gasteiger partial charge in [-0.05, 0) is 35.4 Å². The van der Waals surface area contributed by atoms with Gasteiger partial charge < -0.3 is 11.5 Å². The lowest BCUT2D eigenvalue weighted by atomic mass is 10.1. The van der Waals surface area contributed by atoms with Gasteiger partial charge in [-0.2, -0.15) is 0 Å². The van der Waals surface area contributed by atoms with Gasteiger partial charge in [-0.1, -0.05) is 40.2 Å². The van der Waals surface area contributed by atoms with Crippen LogP contribution in [0.3, 0.4) is 0 Å². The lowest BCUT2D eigenvalue weighted by Gasteiger charge is -2.21. The molecule has 0 aliphatic carbocycles. The number of nitrogen functional groups attached to an aromatic ring is 1. The Balaban J connectivity index is 2.12. The predicted molar refractivity (Wildman–Crippen MR) is 88.3 cm³/mol. The molecule has 0 radical (unpaired) electrons. The minimum absolute atomic E-state index is 0.210. The molecule has 0 fully saturated rings. The van der Waals surface area contributed by atoms with E-state index in [9.17, 15) is 4.79 Å². The van der Waals surface area contributed by atoms with Crippen molar-refractivity contribution in [3.63, 3.8) is 0 Å². The number of primary amides is 1. The number of hydrogen-bond donors (Lipinski definition) is 2. The number of nitrogens with zero attached hydrogens (tertiary/aromatic N) is 1. The highest BCUT2D eigenvalue weighted by Gasteiger charge is 2.10. The van der Waals surface area contributed by atoms with Crippen molar-refractivity contribution in [2.75, 3.05) is 12.3 Å². The Hall–Kier alpha value is -1.85. The molecule has 2 aromatic carbocycles. The molecule has 0 saturated heterocycles. The molecule has 0 bridgehead atoms. The van der Waals surface area contributed by atoms with E-state index in [-0.39, 0.29) is 12.5 Å². The maximum absolute atomic E-state index is 11.3. The van der Waals surface area contributed by atoms with Gasteiger partial charge in [0.05, 0.1) is 6.54 Å². The highest BCUT2D eigenvalue weighted by Crippen LogP contribution is 2.16. The number of benzene rings is 2. The van der Waals surface area contributed by atoms with Crippen LogP contribution in [-0.2, 0) is 17.9 Å². The van der Waals surface area contributed by atoms with E-state index in [0.717, 1.165) is 15.6 Å². The minimum atomic E-state index is -0.339. The Morgan fingerprint density at radius 1 is 1.05 bits per heavy atom. The van der Waals surface area contributed by atoms with E-state index < -0.39 is 0 Å². The van der Waals surface area contributed by atoms with Gasteiger partial charge in [-0.25, -0.2) is 0 Å². The normalized spacial score (nSPS) is 10.8. The molecule has 2 aromatic rings. The van der Waals surface area contributed by atoms with Crippen LogP contribution in [0.25, 0.3) is 0 Å². The summed E-state index contributed by atoms with van der Waals surface area (Å²) in [5.74, 6) is -0.339. The van der Waals surface area contributed by atoms with Gasteiger partial charge >= 0.3 is 0 Å². The van der Waals surface area contributed by atoms with Crippen molar-refractivity contribution >= 4 is 27.5 Å². The molecule has 0 unspecified atom stereocenters. The molecular weight excluding hydrogens is 330 g/mol. The second-order valence-electron chi connectivity index (χ2n) is 4.99. The summed E-state index contributed by atoms with van der Waals surface area (Å²) < 4.78 is 1.02. The summed E-state index contributed by atoms with van der Waals surface area (Å²) in [6.45, 7) is 1.49. The fourth-order valence-electron chi connectivity index (χ4n) is 2.23. The van der Waals surface area contributed by atoms with Gasteiger partial charge in [0.2, 0.25) is 5.91 Å². The van der Waals surface area contributed by atoms with Crippen LogP contribution in [0.1, 0.15) is 11.1 Å². The van der Waals surface area contributed by atoms with Gasteiger partial charge in [-0.3, -0.25) is 9.69 Å². The molecule has 0 aliphatic rings. The quantitative estimate of drug-likeness (QED) is 0.788. The van der Waals surface area contributed by atoms with Crippen molar-refractivity contribution in [2.45, 2.75) is 13.1 Å². The predicted octanol–water partition coefficient (Wildman–Crippen LogP) is 2.52. The molecular formula is C16H18BrN3O. The van der Waals surface area contributed by atoms with Crippen molar-refractivity contribution < 1.29 is 4.79 Å². The highest BCUT2D eigenvalue weighted by atomic mass is 79.9. The van der Waals surface area contributed by atoms with Gasteiger partial charge in [0.25, 0.3) is 0 Å². The number of halogens is 1. The van der Waals surface area contributed by atoms with Crippen LogP contribution >= 0.6 is 15.9 Å². The molecule has 4 nitrogen and oxygen atoms in total. The first-order chi connectivity index (χ1) is 10.0. The minimum Gasteiger partial charge on any atom is -0.399 e. The Labute approximate surface area is 132 Å². The summed E-state index contributed by atoms with van der Waals surface area (Å²) in [5.41, 5.74) is 14.0. The first-order valence-electron chi connectivity index (χ1n) is 6.62. The molecule has 5 heteroatoms. The van der Waals surface area contributed by atoms with Gasteiger partial charge in [-0.15, -0.1) is 0 Å². The topological polar surface area (TPSA) is 72.4 Å². The molecule has 4 N–H and O–H groups in total. The smallest absolute Gasteiger partial charge is 0.231 e. The molecule has 1 amide bonds. The van der Waals surface area contributed by atoms with Gasteiger partial charge in [0, 0.05) is 23.2 Å². The zero-order valence-electron chi connectivity index (χ0n) is 11.6. The average molecular weight is 348 g/mol. The van der Waals surface area contributed by atoms with Crippen LogP contribution < -0.4 is 11.5 Å². The number of anilines is 1. The van der Waals surface area contributed by atoms with E-state index in [4.69, 9.17) is 11.5 Å². The van der Waals surface area contributed by atoms with E-state index in [0.29, 0.717) is 18.8 Å². The first kappa shape index (κ1) is 15.5. The summed E-state index contributed by atoms with van der Waals surface area (Å²) in [6.07, 6.45) is 0. The maximum Gasteiger partial charge on any atom is 0.231 e. The molecule has 0 heterocycles. The maximum atomic E-state index is 11.3. The van der Waals surface area contributed by atoms with E-state index in [1.54, 1.807) is 0 Å². The molecule has 110 valence electrons. The van der Waals surface area contributed by atoms with E-state index in [1.165, 1.54) is 0 Å². The third kappa shape index (κ3) is 5.21. The van der Waals surface area contributed by atoms with E-state index >= 15 is 0 Å². The number of carbonyl (C=O) groups excluding carboxylic acids is 1. The van der Waals surface area contributed by atoms with E-state index in [2.05, 4.69) is 15.9 Å². The number of hydrogen-bond acceptors (Lipinski definition) is 3. The number of rotatable bonds is 6. The second-order valence-corrected chi connectivity index (χ2v) is 5.90. The van der Waals surface area contributed by atoms with Crippen LogP contribution in [0, 0.1) is 0 Å². The Morgan fingerprint density at radius 3 is 2.24 bits per heavy atom. The summed E-state index contributed by atoms with van der Waals surface area (Å²) in [7, 11) is 0. The van der Waals surface area contributed by atoms with Crippen LogP contribution in [0.15, 0.2) is 53.0 Å². The molecule has 0 aromatic heterocycles. The molecule has 21 heavy (non-hydrogen) atoms. The fourth-order valence-corrected chi connectivity index (χ4v) is 2.68. The monoisotopic (exact) mass is 347 g/mol. The molecule has 0 spiro atoms. The SMILES string of the molecule is NC(=O)CN(Cc1cccc(N)c1)Cc1cccc(Br)c1. The van der Waals surface area contributed by atoms with Crippen LogP contribution in [0.5, 0.6) is 0 Å². The van der Waals surface area contributed by atoms with Crippen molar-refractivity contribution in [3.8, 4) is 0 Å². The van der Waals surface area contributed by atoms with Crippen LogP contribution in [0.4, 0.5) is 5.69 Å². The summed E-state index contributed by atoms with van der Waals surface area (Å²) in [5, 5.41) is 0. The molecule has 0 saturated carbocycles. The lowest BCUT2D eigenvalue weighted by molar-refractivity contribution is -0.119. The van der Waals surface area contributed by atoms with Gasteiger partial charge in [0.15, 0.2) is 0 Å². The summed E-state index contributed by atoms with van der Waals surface area (Å²) in [4.78, 5) is 13.3.